The highest BCUT2D eigenvalue weighted by atomic mass is 16.5. The molecule has 0 aliphatic carbocycles. The molecule has 6 rings (SSSR count). The average Bonchev–Trinajstić information content (AvgIpc) is 3.41. The fourth-order valence-electron chi connectivity index (χ4n) is 5.06. The van der Waals surface area contributed by atoms with Crippen LogP contribution in [0.3, 0.4) is 0 Å². The number of hydrogen-bond donors (Lipinski definition) is 0. The van der Waals surface area contributed by atoms with Gasteiger partial charge in [0.05, 0.1) is 18.4 Å². The van der Waals surface area contributed by atoms with Crippen LogP contribution in [0.5, 0.6) is 5.75 Å². The molecule has 0 fully saturated rings. The van der Waals surface area contributed by atoms with Gasteiger partial charge in [-0.15, -0.1) is 0 Å². The van der Waals surface area contributed by atoms with E-state index in [0.717, 1.165) is 22.9 Å². The molecule has 0 spiro atoms. The molecule has 0 bridgehead atoms. The van der Waals surface area contributed by atoms with Crippen molar-refractivity contribution in [2.24, 2.45) is 0 Å². The summed E-state index contributed by atoms with van der Waals surface area (Å²) < 4.78 is 5.60. The number of nitrogens with zero attached hydrogens (tertiary/aromatic N) is 2. The average molecular weight is 447 g/mol. The molecule has 5 heteroatoms. The number of methoxy groups -OCH3 is 1. The van der Waals surface area contributed by atoms with Crippen LogP contribution in [0.4, 0.5) is 11.4 Å². The minimum atomic E-state index is -0.342. The molecule has 0 atom stereocenters. The normalized spacial score (nSPS) is 15.4. The van der Waals surface area contributed by atoms with E-state index in [9.17, 15) is 9.59 Å². The molecule has 0 saturated carbocycles. The molecule has 0 unspecified atom stereocenters. The summed E-state index contributed by atoms with van der Waals surface area (Å²) in [4.78, 5) is 31.5. The third kappa shape index (κ3) is 2.94. The van der Waals surface area contributed by atoms with Crippen LogP contribution in [0.25, 0.3) is 16.3 Å². The van der Waals surface area contributed by atoms with Crippen LogP contribution < -0.4 is 14.5 Å². The molecular weight excluding hydrogens is 424 g/mol. The van der Waals surface area contributed by atoms with Crippen LogP contribution in [0, 0.1) is 0 Å². The second-order valence-electron chi connectivity index (χ2n) is 8.40. The van der Waals surface area contributed by atoms with Gasteiger partial charge < -0.3 is 9.64 Å². The molecule has 2 aliphatic heterocycles. The van der Waals surface area contributed by atoms with E-state index >= 15 is 0 Å². The van der Waals surface area contributed by atoms with E-state index < -0.39 is 0 Å². The Labute approximate surface area is 197 Å². The van der Waals surface area contributed by atoms with Gasteiger partial charge in [0.15, 0.2) is 0 Å². The van der Waals surface area contributed by atoms with Gasteiger partial charge in [0.25, 0.3) is 11.8 Å². The van der Waals surface area contributed by atoms with Crippen LogP contribution in [-0.2, 0) is 16.0 Å². The molecule has 0 aromatic heterocycles. The lowest BCUT2D eigenvalue weighted by Gasteiger charge is -2.22. The van der Waals surface area contributed by atoms with Crippen molar-refractivity contribution in [3.05, 3.63) is 108 Å². The number of imide groups is 1. The van der Waals surface area contributed by atoms with E-state index in [0.29, 0.717) is 34.8 Å². The Kier molecular flexibility index (Phi) is 4.69. The first kappa shape index (κ1) is 20.2. The van der Waals surface area contributed by atoms with Crippen molar-refractivity contribution in [1.82, 2.24) is 0 Å². The topological polar surface area (TPSA) is 49.9 Å². The zero-order chi connectivity index (χ0) is 23.2. The van der Waals surface area contributed by atoms with E-state index in [4.69, 9.17) is 4.74 Å². The molecule has 2 amide bonds. The number of carbonyl (C=O) groups is 2. The highest BCUT2D eigenvalue weighted by Crippen LogP contribution is 2.43. The van der Waals surface area contributed by atoms with E-state index in [1.54, 1.807) is 7.11 Å². The smallest absolute Gasteiger partial charge is 0.282 e. The second-order valence-corrected chi connectivity index (χ2v) is 8.40. The van der Waals surface area contributed by atoms with E-state index in [1.807, 2.05) is 89.8 Å². The van der Waals surface area contributed by atoms with Crippen molar-refractivity contribution in [2.75, 3.05) is 23.5 Å². The minimum absolute atomic E-state index is 0.320. The summed E-state index contributed by atoms with van der Waals surface area (Å²) in [5.74, 6) is -0.104. The first-order valence-corrected chi connectivity index (χ1v) is 11.3. The van der Waals surface area contributed by atoms with Crippen molar-refractivity contribution < 1.29 is 14.3 Å². The van der Waals surface area contributed by atoms with Crippen molar-refractivity contribution >= 4 is 39.5 Å². The lowest BCUT2D eigenvalue weighted by atomic mass is 10.0. The fraction of sp³-hybridized carbons (Fsp3) is 0.103. The Morgan fingerprint density at radius 3 is 2.32 bits per heavy atom. The number of carbonyl (C=O) groups excluding carboxylic acids is 2. The third-order valence-corrected chi connectivity index (χ3v) is 6.60. The summed E-state index contributed by atoms with van der Waals surface area (Å²) in [7, 11) is 1.58. The molecule has 4 aromatic rings. The molecule has 166 valence electrons. The van der Waals surface area contributed by atoms with Gasteiger partial charge in [-0.05, 0) is 35.6 Å². The van der Waals surface area contributed by atoms with Crippen molar-refractivity contribution in [3.63, 3.8) is 0 Å². The van der Waals surface area contributed by atoms with Gasteiger partial charge in [0.1, 0.15) is 11.4 Å². The SMILES string of the molecule is COc1ccccc1C1=C(N2CCc3ccccc32)C(=O)N(c2cccc3ccccc23)C1=O. The van der Waals surface area contributed by atoms with Gasteiger partial charge in [-0.25, -0.2) is 4.90 Å². The Morgan fingerprint density at radius 2 is 1.44 bits per heavy atom. The molecule has 4 aromatic carbocycles. The summed E-state index contributed by atoms with van der Waals surface area (Å²) in [6, 6.07) is 28.9. The Morgan fingerprint density at radius 1 is 0.735 bits per heavy atom. The van der Waals surface area contributed by atoms with Crippen molar-refractivity contribution in [3.8, 4) is 5.75 Å². The fourth-order valence-corrected chi connectivity index (χ4v) is 5.06. The van der Waals surface area contributed by atoms with E-state index in [-0.39, 0.29) is 11.8 Å². The summed E-state index contributed by atoms with van der Waals surface area (Å²) >= 11 is 0. The Bertz CT molecular complexity index is 1500. The monoisotopic (exact) mass is 446 g/mol. The zero-order valence-corrected chi connectivity index (χ0v) is 18.7. The van der Waals surface area contributed by atoms with E-state index in [1.165, 1.54) is 10.5 Å². The molecule has 34 heavy (non-hydrogen) atoms. The minimum Gasteiger partial charge on any atom is -0.496 e. The maximum Gasteiger partial charge on any atom is 0.282 e. The largest absolute Gasteiger partial charge is 0.496 e. The predicted molar refractivity (Wildman–Crippen MR) is 134 cm³/mol. The van der Waals surface area contributed by atoms with Gasteiger partial charge in [-0.1, -0.05) is 72.8 Å². The maximum atomic E-state index is 14.1. The number of anilines is 2. The van der Waals surface area contributed by atoms with Gasteiger partial charge in [-0.3, -0.25) is 9.59 Å². The van der Waals surface area contributed by atoms with Gasteiger partial charge >= 0.3 is 0 Å². The number of amides is 2. The van der Waals surface area contributed by atoms with Gasteiger partial charge in [-0.2, -0.15) is 0 Å². The maximum absolute atomic E-state index is 14.1. The molecule has 2 heterocycles. The molecule has 0 radical (unpaired) electrons. The van der Waals surface area contributed by atoms with E-state index in [2.05, 4.69) is 6.07 Å². The highest BCUT2D eigenvalue weighted by Gasteiger charge is 2.45. The lowest BCUT2D eigenvalue weighted by molar-refractivity contribution is -0.120. The van der Waals surface area contributed by atoms with Crippen LogP contribution in [0.1, 0.15) is 11.1 Å². The lowest BCUT2D eigenvalue weighted by Crippen LogP contribution is -2.35. The van der Waals surface area contributed by atoms with Crippen LogP contribution >= 0.6 is 0 Å². The quantitative estimate of drug-likeness (QED) is 0.405. The standard InChI is InChI=1S/C29H22N2O3/c1-34-25-16-7-5-13-22(25)26-27(30-18-17-20-10-3-6-14-23(20)30)29(33)31(28(26)32)24-15-8-11-19-9-2-4-12-21(19)24/h2-16H,17-18H2,1H3. The van der Waals surface area contributed by atoms with Gasteiger partial charge in [0, 0.05) is 23.2 Å². The molecule has 5 nitrogen and oxygen atoms in total. The predicted octanol–water partition coefficient (Wildman–Crippen LogP) is 5.20. The molecular formula is C29H22N2O3. The number of fused-ring (bicyclic) bond motifs is 2. The zero-order valence-electron chi connectivity index (χ0n) is 18.7. The van der Waals surface area contributed by atoms with Gasteiger partial charge in [0.2, 0.25) is 0 Å². The summed E-state index contributed by atoms with van der Waals surface area (Å²) in [5.41, 5.74) is 4.09. The molecule has 2 aliphatic rings. The number of rotatable bonds is 4. The Hall–Kier alpha value is -4.38. The first-order chi connectivity index (χ1) is 16.7. The summed E-state index contributed by atoms with van der Waals surface area (Å²) in [5, 5.41) is 1.83. The summed E-state index contributed by atoms with van der Waals surface area (Å²) in [6.45, 7) is 0.635. The number of para-hydroxylation sites is 2. The van der Waals surface area contributed by atoms with Crippen LogP contribution in [0.2, 0.25) is 0 Å². The van der Waals surface area contributed by atoms with Crippen LogP contribution in [-0.4, -0.2) is 25.5 Å². The van der Waals surface area contributed by atoms with Crippen molar-refractivity contribution in [1.29, 1.82) is 0 Å². The molecule has 0 saturated heterocycles. The van der Waals surface area contributed by atoms with Crippen LogP contribution in [0.15, 0.2) is 96.7 Å². The highest BCUT2D eigenvalue weighted by molar-refractivity contribution is 6.47. The number of hydrogen-bond acceptors (Lipinski definition) is 4. The van der Waals surface area contributed by atoms with Crippen molar-refractivity contribution in [2.45, 2.75) is 6.42 Å². The third-order valence-electron chi connectivity index (χ3n) is 6.60. The summed E-state index contributed by atoms with van der Waals surface area (Å²) in [6.07, 6.45) is 0.814. The number of ether oxygens (including phenoxy) is 1. The Balaban J connectivity index is 1.59. The number of benzene rings is 4. The second kappa shape index (κ2) is 7.89. The molecule has 0 N–H and O–H groups in total. The first-order valence-electron chi connectivity index (χ1n) is 11.3.